The van der Waals surface area contributed by atoms with Gasteiger partial charge in [0, 0.05) is 47.0 Å². The van der Waals surface area contributed by atoms with E-state index in [2.05, 4.69) is 51.8 Å². The zero-order valence-electron chi connectivity index (χ0n) is 20.5. The molecule has 1 aliphatic carbocycles. The van der Waals surface area contributed by atoms with Crippen molar-refractivity contribution in [3.8, 4) is 11.1 Å². The van der Waals surface area contributed by atoms with Crippen LogP contribution in [0, 0.1) is 5.92 Å². The lowest BCUT2D eigenvalue weighted by molar-refractivity contribution is -0.111. The lowest BCUT2D eigenvalue weighted by atomic mass is 9.90. The molecule has 1 saturated carbocycles. The number of aromatic nitrogens is 2. The number of carbonyl (C=O) groups is 1. The molecule has 3 aromatic rings. The normalized spacial score (nSPS) is 15.6. The highest BCUT2D eigenvalue weighted by atomic mass is 16.1. The number of pyridine rings is 2. The SMILES string of the molecule is CCC1=C(C(=O)Nc2ccc(CCCC3CCCC3)nc2)c2cc(-c3cccnc3)ccc2NC1. The van der Waals surface area contributed by atoms with Crippen molar-refractivity contribution < 1.29 is 4.79 Å². The first kappa shape index (κ1) is 23.3. The number of aryl methyl sites for hydroxylation is 1. The number of fused-ring (bicyclic) bond motifs is 1. The minimum atomic E-state index is -0.0799. The molecular formula is C30H34N4O. The fourth-order valence-electron chi connectivity index (χ4n) is 5.39. The lowest BCUT2D eigenvalue weighted by Crippen LogP contribution is -2.22. The van der Waals surface area contributed by atoms with Crippen molar-refractivity contribution in [3.05, 3.63) is 77.9 Å². The van der Waals surface area contributed by atoms with Gasteiger partial charge in [0.05, 0.1) is 11.9 Å². The van der Waals surface area contributed by atoms with Crippen LogP contribution in [-0.4, -0.2) is 22.4 Å². The maximum Gasteiger partial charge on any atom is 0.256 e. The summed E-state index contributed by atoms with van der Waals surface area (Å²) in [7, 11) is 0. The minimum absolute atomic E-state index is 0.0799. The van der Waals surface area contributed by atoms with Gasteiger partial charge in [-0.3, -0.25) is 14.8 Å². The molecule has 5 nitrogen and oxygen atoms in total. The Hall–Kier alpha value is -3.47. The van der Waals surface area contributed by atoms with E-state index in [9.17, 15) is 4.79 Å². The van der Waals surface area contributed by atoms with Crippen LogP contribution in [0.3, 0.4) is 0 Å². The van der Waals surface area contributed by atoms with Crippen molar-refractivity contribution in [1.82, 2.24) is 9.97 Å². The summed E-state index contributed by atoms with van der Waals surface area (Å²) in [4.78, 5) is 22.4. The number of hydrogen-bond donors (Lipinski definition) is 2. The van der Waals surface area contributed by atoms with Crippen molar-refractivity contribution in [2.24, 2.45) is 5.92 Å². The number of rotatable bonds is 8. The molecule has 0 unspecified atom stereocenters. The molecule has 1 aromatic carbocycles. The van der Waals surface area contributed by atoms with Gasteiger partial charge in [0.1, 0.15) is 0 Å². The van der Waals surface area contributed by atoms with E-state index >= 15 is 0 Å². The Balaban J connectivity index is 1.30. The molecule has 2 N–H and O–H groups in total. The number of carbonyl (C=O) groups excluding carboxylic acids is 1. The number of benzene rings is 1. The Kier molecular flexibility index (Phi) is 7.22. The lowest BCUT2D eigenvalue weighted by Gasteiger charge is -2.25. The summed E-state index contributed by atoms with van der Waals surface area (Å²) in [6.07, 6.45) is 15.3. The second kappa shape index (κ2) is 10.9. The van der Waals surface area contributed by atoms with Gasteiger partial charge < -0.3 is 10.6 Å². The van der Waals surface area contributed by atoms with E-state index in [1.165, 1.54) is 38.5 Å². The minimum Gasteiger partial charge on any atom is -0.381 e. The molecular weight excluding hydrogens is 432 g/mol. The van der Waals surface area contributed by atoms with Gasteiger partial charge in [-0.2, -0.15) is 0 Å². The summed E-state index contributed by atoms with van der Waals surface area (Å²) in [6, 6.07) is 14.2. The summed E-state index contributed by atoms with van der Waals surface area (Å²) >= 11 is 0. The zero-order valence-corrected chi connectivity index (χ0v) is 20.5. The van der Waals surface area contributed by atoms with Crippen LogP contribution in [0.4, 0.5) is 11.4 Å². The van der Waals surface area contributed by atoms with Gasteiger partial charge in [0.15, 0.2) is 0 Å². The van der Waals surface area contributed by atoms with Gasteiger partial charge in [0.2, 0.25) is 0 Å². The average molecular weight is 467 g/mol. The second-order valence-corrected chi connectivity index (χ2v) is 9.72. The topological polar surface area (TPSA) is 66.9 Å². The van der Waals surface area contributed by atoms with Crippen molar-refractivity contribution in [3.63, 3.8) is 0 Å². The Bertz CT molecular complexity index is 1190. The first-order valence-corrected chi connectivity index (χ1v) is 13.0. The Labute approximate surface area is 208 Å². The van der Waals surface area contributed by atoms with E-state index in [1.807, 2.05) is 24.4 Å². The molecule has 2 aromatic heterocycles. The predicted octanol–water partition coefficient (Wildman–Crippen LogP) is 6.88. The van der Waals surface area contributed by atoms with Crippen molar-refractivity contribution >= 4 is 22.9 Å². The van der Waals surface area contributed by atoms with E-state index in [0.717, 1.165) is 63.7 Å². The van der Waals surface area contributed by atoms with E-state index in [1.54, 1.807) is 12.4 Å². The Morgan fingerprint density at radius 3 is 2.71 bits per heavy atom. The molecule has 1 aliphatic heterocycles. The van der Waals surface area contributed by atoms with Crippen LogP contribution in [0.1, 0.15) is 63.1 Å². The van der Waals surface area contributed by atoms with Crippen LogP contribution in [0.15, 0.2) is 66.6 Å². The maximum absolute atomic E-state index is 13.5. The summed E-state index contributed by atoms with van der Waals surface area (Å²) in [5.41, 5.74) is 7.70. The largest absolute Gasteiger partial charge is 0.381 e. The molecule has 180 valence electrons. The summed E-state index contributed by atoms with van der Waals surface area (Å²) in [5, 5.41) is 6.58. The third kappa shape index (κ3) is 5.45. The Morgan fingerprint density at radius 2 is 1.97 bits per heavy atom. The highest BCUT2D eigenvalue weighted by Gasteiger charge is 2.24. The van der Waals surface area contributed by atoms with Crippen LogP contribution in [0.5, 0.6) is 0 Å². The van der Waals surface area contributed by atoms with Crippen LogP contribution in [-0.2, 0) is 11.2 Å². The molecule has 0 spiro atoms. The molecule has 1 fully saturated rings. The molecule has 5 heteroatoms. The number of amides is 1. The maximum atomic E-state index is 13.5. The highest BCUT2D eigenvalue weighted by molar-refractivity contribution is 6.28. The number of hydrogen-bond acceptors (Lipinski definition) is 4. The van der Waals surface area contributed by atoms with Gasteiger partial charge in [0.25, 0.3) is 5.91 Å². The number of nitrogens with zero attached hydrogens (tertiary/aromatic N) is 2. The van der Waals surface area contributed by atoms with Gasteiger partial charge >= 0.3 is 0 Å². The van der Waals surface area contributed by atoms with Crippen molar-refractivity contribution in [2.75, 3.05) is 17.2 Å². The molecule has 35 heavy (non-hydrogen) atoms. The summed E-state index contributed by atoms with van der Waals surface area (Å²) in [6.45, 7) is 2.78. The van der Waals surface area contributed by atoms with Gasteiger partial charge in [-0.25, -0.2) is 0 Å². The standard InChI is InChI=1S/C30H34N4O/c1-2-22-19-33-28-15-12-23(24-10-6-16-31-18-24)17-27(28)29(22)30(35)34-26-14-13-25(32-20-26)11-5-9-21-7-3-4-8-21/h6,10,12-18,20-21,33H,2-5,7-9,11,19H2,1H3,(H,34,35). The fraction of sp³-hybridized carbons (Fsp3) is 0.367. The van der Waals surface area contributed by atoms with E-state index in [-0.39, 0.29) is 5.91 Å². The summed E-state index contributed by atoms with van der Waals surface area (Å²) in [5.74, 6) is 0.838. The molecule has 2 aliphatic rings. The van der Waals surface area contributed by atoms with Gasteiger partial charge in [-0.1, -0.05) is 51.2 Å². The number of nitrogens with one attached hydrogen (secondary N) is 2. The van der Waals surface area contributed by atoms with Gasteiger partial charge in [-0.05, 0) is 66.6 Å². The average Bonchev–Trinajstić information content (AvgIpc) is 3.42. The number of anilines is 2. The van der Waals surface area contributed by atoms with Crippen LogP contribution >= 0.6 is 0 Å². The Morgan fingerprint density at radius 1 is 1.09 bits per heavy atom. The molecule has 0 bridgehead atoms. The van der Waals surface area contributed by atoms with Crippen molar-refractivity contribution in [2.45, 2.75) is 58.3 Å². The smallest absolute Gasteiger partial charge is 0.256 e. The van der Waals surface area contributed by atoms with Crippen molar-refractivity contribution in [1.29, 1.82) is 0 Å². The molecule has 3 heterocycles. The van der Waals surface area contributed by atoms with E-state index in [0.29, 0.717) is 6.54 Å². The predicted molar refractivity (Wildman–Crippen MR) is 143 cm³/mol. The third-order valence-electron chi connectivity index (χ3n) is 7.39. The van der Waals surface area contributed by atoms with Crippen LogP contribution < -0.4 is 10.6 Å². The highest BCUT2D eigenvalue weighted by Crippen LogP contribution is 2.36. The van der Waals surface area contributed by atoms with E-state index < -0.39 is 0 Å². The van der Waals surface area contributed by atoms with Crippen LogP contribution in [0.25, 0.3) is 16.7 Å². The van der Waals surface area contributed by atoms with Crippen LogP contribution in [0.2, 0.25) is 0 Å². The molecule has 0 saturated heterocycles. The first-order valence-electron chi connectivity index (χ1n) is 13.0. The quantitative estimate of drug-likeness (QED) is 0.379. The van der Waals surface area contributed by atoms with Gasteiger partial charge in [-0.15, -0.1) is 0 Å². The van der Waals surface area contributed by atoms with E-state index in [4.69, 9.17) is 0 Å². The third-order valence-corrected chi connectivity index (χ3v) is 7.39. The molecule has 0 atom stereocenters. The molecule has 1 amide bonds. The molecule has 0 radical (unpaired) electrons. The fourth-order valence-corrected chi connectivity index (χ4v) is 5.39. The first-order chi connectivity index (χ1) is 17.2. The zero-order chi connectivity index (χ0) is 24.0. The molecule has 5 rings (SSSR count). The monoisotopic (exact) mass is 466 g/mol. The second-order valence-electron chi connectivity index (χ2n) is 9.72. The summed E-state index contributed by atoms with van der Waals surface area (Å²) < 4.78 is 0.